The molecule has 4 nitrogen and oxygen atoms in total. The fraction of sp³-hybridized carbons (Fsp3) is 0.267. The second-order valence-electron chi connectivity index (χ2n) is 4.44. The number of carboxylic acid groups (broad SMARTS) is 1. The zero-order valence-electron chi connectivity index (χ0n) is 11.5. The van der Waals surface area contributed by atoms with Gasteiger partial charge in [-0.05, 0) is 30.7 Å². The molecule has 21 heavy (non-hydrogen) atoms. The highest BCUT2D eigenvalue weighted by Gasteiger charge is 2.13. The molecule has 2 aromatic rings. The number of aromatic carboxylic acids is 1. The molecule has 0 fully saturated rings. The summed E-state index contributed by atoms with van der Waals surface area (Å²) in [7, 11) is 0. The number of thioether (sulfide) groups is 1. The Morgan fingerprint density at radius 3 is 2.67 bits per heavy atom. The van der Waals surface area contributed by atoms with E-state index in [-0.39, 0.29) is 5.56 Å². The first kappa shape index (κ1) is 16.0. The first-order valence-corrected chi connectivity index (χ1v) is 8.34. The van der Waals surface area contributed by atoms with Crippen LogP contribution in [0.15, 0.2) is 39.8 Å². The Morgan fingerprint density at radius 1 is 1.33 bits per heavy atom. The summed E-state index contributed by atoms with van der Waals surface area (Å²) in [6.07, 6.45) is 2.93. The second-order valence-corrected chi connectivity index (χ2v) is 6.41. The molecule has 0 saturated heterocycles. The van der Waals surface area contributed by atoms with Crippen LogP contribution in [0, 0.1) is 0 Å². The van der Waals surface area contributed by atoms with Gasteiger partial charge in [-0.3, -0.25) is 0 Å². The van der Waals surface area contributed by atoms with E-state index in [0.29, 0.717) is 23.7 Å². The van der Waals surface area contributed by atoms with E-state index in [4.69, 9.17) is 5.11 Å². The average molecular weight is 367 g/mol. The molecule has 1 aromatic carbocycles. The zero-order chi connectivity index (χ0) is 15.2. The Bertz CT molecular complexity index is 632. The van der Waals surface area contributed by atoms with Gasteiger partial charge in [-0.25, -0.2) is 14.8 Å². The second kappa shape index (κ2) is 7.56. The van der Waals surface area contributed by atoms with Gasteiger partial charge in [0.15, 0.2) is 0 Å². The molecule has 1 aromatic heterocycles. The van der Waals surface area contributed by atoms with E-state index in [1.165, 1.54) is 6.20 Å². The van der Waals surface area contributed by atoms with E-state index < -0.39 is 5.97 Å². The lowest BCUT2D eigenvalue weighted by Crippen LogP contribution is -2.08. The number of carboxylic acids is 1. The van der Waals surface area contributed by atoms with E-state index in [9.17, 15) is 4.79 Å². The summed E-state index contributed by atoms with van der Waals surface area (Å²) in [5.41, 5.74) is 0.820. The summed E-state index contributed by atoms with van der Waals surface area (Å²) in [4.78, 5) is 20.8. The Morgan fingerprint density at radius 2 is 2.05 bits per heavy atom. The number of hydrogen-bond acceptors (Lipinski definition) is 4. The van der Waals surface area contributed by atoms with Crippen molar-refractivity contribution < 1.29 is 9.90 Å². The largest absolute Gasteiger partial charge is 0.478 e. The van der Waals surface area contributed by atoms with Crippen molar-refractivity contribution in [1.82, 2.24) is 9.97 Å². The molecule has 0 amide bonds. The summed E-state index contributed by atoms with van der Waals surface area (Å²) < 4.78 is 1.04. The maximum atomic E-state index is 11.1. The van der Waals surface area contributed by atoms with Gasteiger partial charge in [0, 0.05) is 15.6 Å². The number of aromatic nitrogens is 2. The number of halogens is 1. The minimum Gasteiger partial charge on any atom is -0.478 e. The third kappa shape index (κ3) is 4.54. The third-order valence-electron chi connectivity index (χ3n) is 2.82. The van der Waals surface area contributed by atoms with Crippen molar-refractivity contribution in [1.29, 1.82) is 0 Å². The van der Waals surface area contributed by atoms with Gasteiger partial charge < -0.3 is 5.11 Å². The highest BCUT2D eigenvalue weighted by molar-refractivity contribution is 9.10. The lowest BCUT2D eigenvalue weighted by molar-refractivity contribution is 0.0694. The van der Waals surface area contributed by atoms with Gasteiger partial charge >= 0.3 is 5.97 Å². The first-order valence-electron chi connectivity index (χ1n) is 6.56. The lowest BCUT2D eigenvalue weighted by atomic mass is 10.1. The van der Waals surface area contributed by atoms with Crippen molar-refractivity contribution in [3.63, 3.8) is 0 Å². The SMILES string of the molecule is CCCc1nc(CSc2ccc(Br)cc2)ncc1C(=O)O. The maximum absolute atomic E-state index is 11.1. The summed E-state index contributed by atoms with van der Waals surface area (Å²) in [5.74, 6) is 0.319. The van der Waals surface area contributed by atoms with Gasteiger partial charge in [-0.1, -0.05) is 29.3 Å². The monoisotopic (exact) mass is 366 g/mol. The standard InChI is InChI=1S/C15H15BrN2O2S/c1-2-3-13-12(15(19)20)8-17-14(18-13)9-21-11-6-4-10(16)5-7-11/h4-8H,2-3,9H2,1H3,(H,19,20). The molecule has 6 heteroatoms. The molecule has 1 N–H and O–H groups in total. The van der Waals surface area contributed by atoms with Crippen LogP contribution in [0.5, 0.6) is 0 Å². The van der Waals surface area contributed by atoms with E-state index in [1.54, 1.807) is 11.8 Å². The van der Waals surface area contributed by atoms with Crippen LogP contribution in [-0.4, -0.2) is 21.0 Å². The molecule has 0 unspecified atom stereocenters. The first-order chi connectivity index (χ1) is 10.1. The lowest BCUT2D eigenvalue weighted by Gasteiger charge is -2.06. The normalized spacial score (nSPS) is 10.6. The molecule has 110 valence electrons. The molecule has 2 rings (SSSR count). The van der Waals surface area contributed by atoms with Crippen LogP contribution in [0.3, 0.4) is 0 Å². The van der Waals surface area contributed by atoms with Gasteiger partial charge in [0.25, 0.3) is 0 Å². The molecule has 0 aliphatic carbocycles. The predicted octanol–water partition coefficient (Wildman–Crippen LogP) is 4.18. The van der Waals surface area contributed by atoms with Crippen molar-refractivity contribution in [3.05, 3.63) is 52.0 Å². The third-order valence-corrected chi connectivity index (χ3v) is 4.35. The Balaban J connectivity index is 2.11. The van der Waals surface area contributed by atoms with Gasteiger partial charge in [0.2, 0.25) is 0 Å². The summed E-state index contributed by atoms with van der Waals surface area (Å²) in [5, 5.41) is 9.13. The van der Waals surface area contributed by atoms with E-state index in [2.05, 4.69) is 25.9 Å². The number of nitrogens with zero attached hydrogens (tertiary/aromatic N) is 2. The number of carbonyl (C=O) groups is 1. The molecule has 0 spiro atoms. The fourth-order valence-corrected chi connectivity index (χ4v) is 2.84. The molecule has 0 radical (unpaired) electrons. The van der Waals surface area contributed by atoms with Crippen molar-refractivity contribution in [3.8, 4) is 0 Å². The van der Waals surface area contributed by atoms with Crippen molar-refractivity contribution >= 4 is 33.7 Å². The van der Waals surface area contributed by atoms with Gasteiger partial charge in [-0.15, -0.1) is 11.8 Å². The molecule has 0 aliphatic heterocycles. The van der Waals surface area contributed by atoms with Crippen LogP contribution in [0.25, 0.3) is 0 Å². The molecular weight excluding hydrogens is 352 g/mol. The van der Waals surface area contributed by atoms with Gasteiger partial charge in [0.1, 0.15) is 5.82 Å². The smallest absolute Gasteiger partial charge is 0.339 e. The van der Waals surface area contributed by atoms with Crippen LogP contribution in [0.4, 0.5) is 0 Å². The minimum atomic E-state index is -0.967. The van der Waals surface area contributed by atoms with Gasteiger partial charge in [-0.2, -0.15) is 0 Å². The number of hydrogen-bond donors (Lipinski definition) is 1. The van der Waals surface area contributed by atoms with Crippen LogP contribution in [-0.2, 0) is 12.2 Å². The zero-order valence-corrected chi connectivity index (χ0v) is 13.9. The van der Waals surface area contributed by atoms with Crippen LogP contribution in [0.1, 0.15) is 35.2 Å². The highest BCUT2D eigenvalue weighted by Crippen LogP contribution is 2.23. The van der Waals surface area contributed by atoms with Crippen molar-refractivity contribution in [2.24, 2.45) is 0 Å². The van der Waals surface area contributed by atoms with Crippen molar-refractivity contribution in [2.75, 3.05) is 0 Å². The topological polar surface area (TPSA) is 63.1 Å². The Hall–Kier alpha value is -1.40. The molecule has 0 atom stereocenters. The van der Waals surface area contributed by atoms with Crippen molar-refractivity contribution in [2.45, 2.75) is 30.4 Å². The fourth-order valence-electron chi connectivity index (χ4n) is 1.81. The van der Waals surface area contributed by atoms with Crippen LogP contribution >= 0.6 is 27.7 Å². The summed E-state index contributed by atoms with van der Waals surface area (Å²) in [6, 6.07) is 8.01. The minimum absolute atomic E-state index is 0.203. The number of aryl methyl sites for hydroxylation is 1. The quantitative estimate of drug-likeness (QED) is 0.776. The molecule has 0 saturated carbocycles. The molecule has 1 heterocycles. The maximum Gasteiger partial charge on any atom is 0.339 e. The summed E-state index contributed by atoms with van der Waals surface area (Å²) in [6.45, 7) is 2.00. The number of benzene rings is 1. The Labute approximate surface area is 136 Å². The number of rotatable bonds is 6. The molecule has 0 aliphatic rings. The van der Waals surface area contributed by atoms with Crippen LogP contribution in [0.2, 0.25) is 0 Å². The van der Waals surface area contributed by atoms with E-state index >= 15 is 0 Å². The summed E-state index contributed by atoms with van der Waals surface area (Å²) >= 11 is 5.03. The predicted molar refractivity (Wildman–Crippen MR) is 86.7 cm³/mol. The average Bonchev–Trinajstić information content (AvgIpc) is 2.47. The molecule has 0 bridgehead atoms. The highest BCUT2D eigenvalue weighted by atomic mass is 79.9. The van der Waals surface area contributed by atoms with Crippen LogP contribution < -0.4 is 0 Å². The van der Waals surface area contributed by atoms with Gasteiger partial charge in [0.05, 0.1) is 17.0 Å². The molecular formula is C15H15BrN2O2S. The van der Waals surface area contributed by atoms with E-state index in [1.807, 2.05) is 31.2 Å². The Kier molecular flexibility index (Phi) is 5.76. The van der Waals surface area contributed by atoms with E-state index in [0.717, 1.165) is 15.8 Å².